The molecule has 0 spiro atoms. The van der Waals surface area contributed by atoms with Gasteiger partial charge in [0.05, 0.1) is 6.04 Å². The number of urea groups is 1. The predicted octanol–water partition coefficient (Wildman–Crippen LogP) is 3.96. The van der Waals surface area contributed by atoms with Crippen LogP contribution in [0.1, 0.15) is 31.4 Å². The van der Waals surface area contributed by atoms with Gasteiger partial charge in [-0.25, -0.2) is 14.2 Å². The molecule has 0 saturated carbocycles. The van der Waals surface area contributed by atoms with Gasteiger partial charge in [0.1, 0.15) is 5.82 Å². The number of rotatable bonds is 4. The van der Waals surface area contributed by atoms with E-state index in [0.717, 1.165) is 31.1 Å². The topological polar surface area (TPSA) is 57.3 Å². The van der Waals surface area contributed by atoms with Crippen molar-refractivity contribution in [3.05, 3.63) is 46.2 Å². The Hall–Kier alpha value is -1.86. The van der Waals surface area contributed by atoms with Gasteiger partial charge in [-0.3, -0.25) is 0 Å². The summed E-state index contributed by atoms with van der Waals surface area (Å²) in [5.41, 5.74) is 0.691. The first kappa shape index (κ1) is 17.9. The molecule has 8 heteroatoms. The van der Waals surface area contributed by atoms with Crippen molar-refractivity contribution in [3.8, 4) is 0 Å². The van der Waals surface area contributed by atoms with Crippen LogP contribution in [0.4, 0.5) is 14.3 Å². The Morgan fingerprint density at radius 1 is 1.44 bits per heavy atom. The van der Waals surface area contributed by atoms with E-state index < -0.39 is 5.82 Å². The molecule has 0 bridgehead atoms. The lowest BCUT2D eigenvalue weighted by Crippen LogP contribution is -2.48. The van der Waals surface area contributed by atoms with E-state index >= 15 is 0 Å². The molecule has 134 valence electrons. The fraction of sp³-hybridized carbons (Fsp3) is 0.412. The molecule has 2 N–H and O–H groups in total. The van der Waals surface area contributed by atoms with Crippen LogP contribution in [0.3, 0.4) is 0 Å². The average Bonchev–Trinajstić information content (AvgIpc) is 3.09. The fourth-order valence-electron chi connectivity index (χ4n) is 2.94. The third-order valence-corrected chi connectivity index (χ3v) is 5.46. The zero-order chi connectivity index (χ0) is 17.8. The van der Waals surface area contributed by atoms with E-state index in [-0.39, 0.29) is 18.1 Å². The van der Waals surface area contributed by atoms with E-state index in [1.54, 1.807) is 23.6 Å². The quantitative estimate of drug-likeness (QED) is 0.841. The summed E-state index contributed by atoms with van der Waals surface area (Å²) in [6.45, 7) is 3.57. The summed E-state index contributed by atoms with van der Waals surface area (Å²) in [4.78, 5) is 18.8. The molecule has 1 saturated heterocycles. The zero-order valence-corrected chi connectivity index (χ0v) is 15.4. The number of aromatic nitrogens is 1. The summed E-state index contributed by atoms with van der Waals surface area (Å²) < 4.78 is 13.1. The number of hydrogen-bond donors (Lipinski definition) is 2. The predicted molar refractivity (Wildman–Crippen MR) is 98.8 cm³/mol. The molecule has 5 nitrogen and oxygen atoms in total. The molecule has 0 aliphatic carbocycles. The Labute approximate surface area is 155 Å². The largest absolute Gasteiger partial charge is 0.348 e. The zero-order valence-electron chi connectivity index (χ0n) is 13.8. The smallest absolute Gasteiger partial charge is 0.315 e. The minimum absolute atomic E-state index is 0.132. The molecular weight excluding hydrogens is 363 g/mol. The van der Waals surface area contributed by atoms with Crippen molar-refractivity contribution in [2.75, 3.05) is 18.0 Å². The number of anilines is 1. The van der Waals surface area contributed by atoms with Crippen LogP contribution in [-0.2, 0) is 0 Å². The highest BCUT2D eigenvalue weighted by Crippen LogP contribution is 2.24. The van der Waals surface area contributed by atoms with Gasteiger partial charge in [0.15, 0.2) is 5.13 Å². The Bertz CT molecular complexity index is 719. The Morgan fingerprint density at radius 3 is 2.84 bits per heavy atom. The number of thiazole rings is 1. The van der Waals surface area contributed by atoms with Crippen molar-refractivity contribution >= 4 is 34.1 Å². The third-order valence-electron chi connectivity index (χ3n) is 4.30. The highest BCUT2D eigenvalue weighted by molar-refractivity contribution is 7.13. The van der Waals surface area contributed by atoms with E-state index in [1.165, 1.54) is 12.1 Å². The minimum Gasteiger partial charge on any atom is -0.348 e. The molecular formula is C17H20ClFN4OS. The monoisotopic (exact) mass is 382 g/mol. The van der Waals surface area contributed by atoms with Crippen molar-refractivity contribution < 1.29 is 9.18 Å². The summed E-state index contributed by atoms with van der Waals surface area (Å²) >= 11 is 7.67. The van der Waals surface area contributed by atoms with E-state index in [0.29, 0.717) is 10.6 Å². The summed E-state index contributed by atoms with van der Waals surface area (Å²) in [5, 5.41) is 9.17. The molecule has 1 atom stereocenters. The van der Waals surface area contributed by atoms with Gasteiger partial charge in [0.2, 0.25) is 0 Å². The van der Waals surface area contributed by atoms with E-state index in [1.807, 2.05) is 12.3 Å². The molecule has 1 aliphatic heterocycles. The molecule has 25 heavy (non-hydrogen) atoms. The molecule has 1 aromatic heterocycles. The van der Waals surface area contributed by atoms with Crippen molar-refractivity contribution in [1.29, 1.82) is 0 Å². The maximum Gasteiger partial charge on any atom is 0.315 e. The lowest BCUT2D eigenvalue weighted by Gasteiger charge is -2.32. The number of carbonyl (C=O) groups excluding carboxylic acids is 1. The highest BCUT2D eigenvalue weighted by atomic mass is 35.5. The highest BCUT2D eigenvalue weighted by Gasteiger charge is 2.22. The maximum absolute atomic E-state index is 13.1. The van der Waals surface area contributed by atoms with Crippen molar-refractivity contribution in [2.45, 2.75) is 31.8 Å². The van der Waals surface area contributed by atoms with Crippen LogP contribution in [-0.4, -0.2) is 30.1 Å². The molecule has 1 aliphatic rings. The van der Waals surface area contributed by atoms with Crippen LogP contribution in [0, 0.1) is 5.82 Å². The lowest BCUT2D eigenvalue weighted by atomic mass is 10.1. The Kier molecular flexibility index (Phi) is 5.75. The molecule has 1 unspecified atom stereocenters. The normalized spacial score (nSPS) is 16.5. The van der Waals surface area contributed by atoms with Gasteiger partial charge in [0.25, 0.3) is 0 Å². The number of piperidine rings is 1. The van der Waals surface area contributed by atoms with Crippen LogP contribution in [0.15, 0.2) is 29.8 Å². The molecule has 1 fully saturated rings. The number of amides is 2. The molecule has 0 radical (unpaired) electrons. The Morgan fingerprint density at radius 2 is 2.20 bits per heavy atom. The molecule has 3 rings (SSSR count). The van der Waals surface area contributed by atoms with Gasteiger partial charge in [-0.1, -0.05) is 17.7 Å². The number of carbonyl (C=O) groups is 1. The van der Waals surface area contributed by atoms with Gasteiger partial charge in [-0.15, -0.1) is 11.3 Å². The second-order valence-corrected chi connectivity index (χ2v) is 7.36. The van der Waals surface area contributed by atoms with E-state index in [4.69, 9.17) is 11.6 Å². The molecule has 2 heterocycles. The standard InChI is InChI=1S/C17H20ClFN4OS/c1-11(14-3-2-12(19)10-15(14)18)21-16(24)22-13-4-7-23(8-5-13)17-20-6-9-25-17/h2-3,6,9-11,13H,4-5,7-8H2,1H3,(H2,21,22,24). The summed E-state index contributed by atoms with van der Waals surface area (Å²) in [6.07, 6.45) is 3.55. The van der Waals surface area contributed by atoms with Crippen molar-refractivity contribution in [3.63, 3.8) is 0 Å². The number of hydrogen-bond acceptors (Lipinski definition) is 4. The Balaban J connectivity index is 1.48. The SMILES string of the molecule is CC(NC(=O)NC1CCN(c2nccs2)CC1)c1ccc(F)cc1Cl. The molecule has 2 aromatic rings. The summed E-state index contributed by atoms with van der Waals surface area (Å²) in [6, 6.07) is 3.78. The van der Waals surface area contributed by atoms with Crippen molar-refractivity contribution in [2.24, 2.45) is 0 Å². The minimum atomic E-state index is -0.391. The number of nitrogens with one attached hydrogen (secondary N) is 2. The van der Waals surface area contributed by atoms with E-state index in [2.05, 4.69) is 20.5 Å². The van der Waals surface area contributed by atoms with Crippen molar-refractivity contribution in [1.82, 2.24) is 15.6 Å². The van der Waals surface area contributed by atoms with Gasteiger partial charge in [0, 0.05) is 35.7 Å². The van der Waals surface area contributed by atoms with Crippen LogP contribution >= 0.6 is 22.9 Å². The fourth-order valence-corrected chi connectivity index (χ4v) is 3.97. The molecule has 1 aromatic carbocycles. The van der Waals surface area contributed by atoms with Crippen LogP contribution in [0.2, 0.25) is 5.02 Å². The first-order valence-corrected chi connectivity index (χ1v) is 9.45. The first-order valence-electron chi connectivity index (χ1n) is 8.19. The number of halogens is 2. The van der Waals surface area contributed by atoms with Gasteiger partial charge >= 0.3 is 6.03 Å². The number of nitrogens with zero attached hydrogens (tertiary/aromatic N) is 2. The van der Waals surface area contributed by atoms with Gasteiger partial charge in [-0.05, 0) is 37.5 Å². The van der Waals surface area contributed by atoms with Gasteiger partial charge in [-0.2, -0.15) is 0 Å². The molecule has 2 amide bonds. The van der Waals surface area contributed by atoms with Crippen LogP contribution in [0.5, 0.6) is 0 Å². The average molecular weight is 383 g/mol. The summed E-state index contributed by atoms with van der Waals surface area (Å²) in [7, 11) is 0. The second kappa shape index (κ2) is 8.01. The summed E-state index contributed by atoms with van der Waals surface area (Å²) in [5.74, 6) is -0.391. The van der Waals surface area contributed by atoms with Crippen LogP contribution in [0.25, 0.3) is 0 Å². The van der Waals surface area contributed by atoms with Crippen LogP contribution < -0.4 is 15.5 Å². The maximum atomic E-state index is 13.1. The third kappa shape index (κ3) is 4.61. The lowest BCUT2D eigenvalue weighted by molar-refractivity contribution is 0.231. The first-order chi connectivity index (χ1) is 12.0. The second-order valence-electron chi connectivity index (χ2n) is 6.08. The van der Waals surface area contributed by atoms with E-state index in [9.17, 15) is 9.18 Å². The van der Waals surface area contributed by atoms with Gasteiger partial charge < -0.3 is 15.5 Å². The number of benzene rings is 1.